The molecule has 2 heterocycles. The quantitative estimate of drug-likeness (QED) is 0.786. The summed E-state index contributed by atoms with van der Waals surface area (Å²) in [5.74, 6) is -0.563. The molecule has 6 nitrogen and oxygen atoms in total. The molecule has 0 aliphatic carbocycles. The number of benzene rings is 2. The summed E-state index contributed by atoms with van der Waals surface area (Å²) in [5, 5.41) is 1.39. The largest absolute Gasteiger partial charge is 0.272 e. The SMILES string of the molecule is O=C1CC2(CCN(S(=O)(=O)c3ccc(F)cc3)CC2)ON1Cc1ccccc1. The number of hydroxylamine groups is 2. The molecule has 2 aliphatic rings. The van der Waals surface area contributed by atoms with Crippen molar-refractivity contribution in [3.63, 3.8) is 0 Å². The van der Waals surface area contributed by atoms with Gasteiger partial charge in [-0.25, -0.2) is 17.9 Å². The molecule has 28 heavy (non-hydrogen) atoms. The number of amides is 1. The maximum absolute atomic E-state index is 13.1. The van der Waals surface area contributed by atoms with Crippen molar-refractivity contribution in [1.29, 1.82) is 0 Å². The lowest BCUT2D eigenvalue weighted by atomic mass is 9.89. The number of hydrogen-bond donors (Lipinski definition) is 0. The van der Waals surface area contributed by atoms with Gasteiger partial charge in [-0.2, -0.15) is 4.31 Å². The Kier molecular flexibility index (Phi) is 4.95. The Balaban J connectivity index is 1.42. The van der Waals surface area contributed by atoms with Gasteiger partial charge in [0, 0.05) is 13.1 Å². The Morgan fingerprint density at radius 2 is 1.64 bits per heavy atom. The molecule has 8 heteroatoms. The van der Waals surface area contributed by atoms with Gasteiger partial charge in [0.05, 0.1) is 17.9 Å². The molecule has 2 fully saturated rings. The molecule has 148 valence electrons. The number of hydrogen-bond acceptors (Lipinski definition) is 4. The lowest BCUT2D eigenvalue weighted by molar-refractivity contribution is -0.212. The average Bonchev–Trinajstić information content (AvgIpc) is 2.98. The van der Waals surface area contributed by atoms with Crippen LogP contribution in [0.1, 0.15) is 24.8 Å². The molecule has 0 radical (unpaired) electrons. The molecule has 0 unspecified atom stereocenters. The van der Waals surface area contributed by atoms with Gasteiger partial charge in [-0.3, -0.25) is 9.63 Å². The van der Waals surface area contributed by atoms with Crippen LogP contribution in [0.15, 0.2) is 59.5 Å². The zero-order chi connectivity index (χ0) is 19.8. The van der Waals surface area contributed by atoms with Gasteiger partial charge < -0.3 is 0 Å². The molecule has 1 spiro atoms. The zero-order valence-electron chi connectivity index (χ0n) is 15.3. The van der Waals surface area contributed by atoms with Crippen LogP contribution in [0.2, 0.25) is 0 Å². The molecule has 2 aromatic carbocycles. The molecule has 2 aliphatic heterocycles. The smallest absolute Gasteiger partial charge is 0.249 e. The summed E-state index contributed by atoms with van der Waals surface area (Å²) in [4.78, 5) is 18.5. The van der Waals surface area contributed by atoms with Gasteiger partial charge in [-0.15, -0.1) is 0 Å². The van der Waals surface area contributed by atoms with Crippen molar-refractivity contribution in [2.45, 2.75) is 36.3 Å². The predicted molar refractivity (Wildman–Crippen MR) is 99.8 cm³/mol. The first kappa shape index (κ1) is 19.0. The van der Waals surface area contributed by atoms with Crippen LogP contribution in [-0.2, 0) is 26.2 Å². The molecule has 0 saturated carbocycles. The fourth-order valence-electron chi connectivity index (χ4n) is 3.71. The summed E-state index contributed by atoms with van der Waals surface area (Å²) >= 11 is 0. The molecule has 1 amide bonds. The van der Waals surface area contributed by atoms with E-state index < -0.39 is 21.4 Å². The summed E-state index contributed by atoms with van der Waals surface area (Å²) in [6, 6.07) is 14.4. The third-order valence-corrected chi connectivity index (χ3v) is 7.22. The third-order valence-electron chi connectivity index (χ3n) is 5.31. The van der Waals surface area contributed by atoms with Gasteiger partial charge in [-0.1, -0.05) is 30.3 Å². The predicted octanol–water partition coefficient (Wildman–Crippen LogP) is 2.71. The van der Waals surface area contributed by atoms with E-state index in [0.29, 0.717) is 19.4 Å². The van der Waals surface area contributed by atoms with Crippen molar-refractivity contribution in [2.24, 2.45) is 0 Å². The summed E-state index contributed by atoms with van der Waals surface area (Å²) in [6.07, 6.45) is 1.12. The lowest BCUT2D eigenvalue weighted by Gasteiger charge is -2.37. The highest BCUT2D eigenvalue weighted by Gasteiger charge is 2.48. The van der Waals surface area contributed by atoms with Crippen molar-refractivity contribution in [3.8, 4) is 0 Å². The second-order valence-electron chi connectivity index (χ2n) is 7.23. The van der Waals surface area contributed by atoms with Crippen LogP contribution in [0, 0.1) is 5.82 Å². The van der Waals surface area contributed by atoms with Gasteiger partial charge in [0.25, 0.3) is 0 Å². The first-order valence-electron chi connectivity index (χ1n) is 9.17. The van der Waals surface area contributed by atoms with E-state index >= 15 is 0 Å². The van der Waals surface area contributed by atoms with Gasteiger partial charge in [-0.05, 0) is 42.7 Å². The van der Waals surface area contributed by atoms with E-state index in [1.54, 1.807) is 0 Å². The molecule has 0 N–H and O–H groups in total. The molecule has 0 aromatic heterocycles. The standard InChI is InChI=1S/C20H21FN2O4S/c21-17-6-8-18(9-7-17)28(25,26)22-12-10-20(11-13-22)14-19(24)23(27-20)15-16-4-2-1-3-5-16/h1-9H,10-15H2. The van der Waals surface area contributed by atoms with Crippen LogP contribution in [0.3, 0.4) is 0 Å². The number of carbonyl (C=O) groups excluding carboxylic acids is 1. The summed E-state index contributed by atoms with van der Waals surface area (Å²) in [5.41, 5.74) is 0.324. The van der Waals surface area contributed by atoms with Crippen molar-refractivity contribution >= 4 is 15.9 Å². The van der Waals surface area contributed by atoms with E-state index in [2.05, 4.69) is 0 Å². The topological polar surface area (TPSA) is 66.9 Å². The summed E-state index contributed by atoms with van der Waals surface area (Å²) in [6.45, 7) is 0.886. The number of carbonyl (C=O) groups is 1. The fourth-order valence-corrected chi connectivity index (χ4v) is 5.15. The minimum absolute atomic E-state index is 0.0685. The summed E-state index contributed by atoms with van der Waals surface area (Å²) in [7, 11) is -3.69. The number of sulfonamides is 1. The highest BCUT2D eigenvalue weighted by Crippen LogP contribution is 2.38. The van der Waals surface area contributed by atoms with E-state index in [1.807, 2.05) is 30.3 Å². The Labute approximate surface area is 163 Å². The second-order valence-corrected chi connectivity index (χ2v) is 9.16. The van der Waals surface area contributed by atoms with Gasteiger partial charge in [0.2, 0.25) is 15.9 Å². The lowest BCUT2D eigenvalue weighted by Crippen LogP contribution is -2.46. The minimum Gasteiger partial charge on any atom is -0.272 e. The Hall–Kier alpha value is -2.29. The highest BCUT2D eigenvalue weighted by atomic mass is 32.2. The van der Waals surface area contributed by atoms with Crippen molar-refractivity contribution in [3.05, 3.63) is 66.0 Å². The molecule has 0 atom stereocenters. The second kappa shape index (κ2) is 7.27. The monoisotopic (exact) mass is 404 g/mol. The maximum atomic E-state index is 13.1. The van der Waals surface area contributed by atoms with Crippen LogP contribution in [-0.4, -0.2) is 42.4 Å². The average molecular weight is 404 g/mol. The van der Waals surface area contributed by atoms with Crippen LogP contribution in [0.5, 0.6) is 0 Å². The molecular weight excluding hydrogens is 383 g/mol. The number of nitrogens with zero attached hydrogens (tertiary/aromatic N) is 2. The van der Waals surface area contributed by atoms with Crippen LogP contribution < -0.4 is 0 Å². The molecule has 0 bridgehead atoms. The first-order chi connectivity index (χ1) is 13.4. The number of piperidine rings is 1. The minimum atomic E-state index is -3.69. The maximum Gasteiger partial charge on any atom is 0.249 e. The molecular formula is C20H21FN2O4S. The summed E-state index contributed by atoms with van der Waals surface area (Å²) < 4.78 is 40.0. The Morgan fingerprint density at radius 1 is 1.00 bits per heavy atom. The van der Waals surface area contributed by atoms with Crippen LogP contribution >= 0.6 is 0 Å². The number of rotatable bonds is 4. The van der Waals surface area contributed by atoms with Gasteiger partial charge in [0.15, 0.2) is 0 Å². The Morgan fingerprint density at radius 3 is 2.29 bits per heavy atom. The van der Waals surface area contributed by atoms with Gasteiger partial charge in [0.1, 0.15) is 11.4 Å². The molecule has 4 rings (SSSR count). The van der Waals surface area contributed by atoms with Crippen molar-refractivity contribution < 1.29 is 22.4 Å². The van der Waals surface area contributed by atoms with E-state index in [0.717, 1.165) is 17.7 Å². The first-order valence-corrected chi connectivity index (χ1v) is 10.6. The van der Waals surface area contributed by atoms with Crippen molar-refractivity contribution in [2.75, 3.05) is 13.1 Å². The van der Waals surface area contributed by atoms with Crippen LogP contribution in [0.4, 0.5) is 4.39 Å². The van der Waals surface area contributed by atoms with E-state index in [1.165, 1.54) is 21.5 Å². The van der Waals surface area contributed by atoms with Crippen LogP contribution in [0.25, 0.3) is 0 Å². The van der Waals surface area contributed by atoms with Gasteiger partial charge >= 0.3 is 0 Å². The zero-order valence-corrected chi connectivity index (χ0v) is 16.1. The molecule has 2 saturated heterocycles. The van der Waals surface area contributed by atoms with E-state index in [4.69, 9.17) is 4.84 Å². The van der Waals surface area contributed by atoms with E-state index in [-0.39, 0.29) is 30.3 Å². The fraction of sp³-hybridized carbons (Fsp3) is 0.350. The molecule has 2 aromatic rings. The highest BCUT2D eigenvalue weighted by molar-refractivity contribution is 7.89. The number of halogens is 1. The van der Waals surface area contributed by atoms with Crippen molar-refractivity contribution in [1.82, 2.24) is 9.37 Å². The third kappa shape index (κ3) is 3.67. The normalized spacial score (nSPS) is 20.0. The Bertz CT molecular complexity index is 955. The van der Waals surface area contributed by atoms with E-state index in [9.17, 15) is 17.6 Å².